The van der Waals surface area contributed by atoms with E-state index < -0.39 is 5.54 Å². The topological polar surface area (TPSA) is 32.3 Å². The molecule has 2 aromatic carbocycles. The van der Waals surface area contributed by atoms with Crippen LogP contribution in [-0.2, 0) is 5.54 Å². The van der Waals surface area contributed by atoms with E-state index in [0.717, 1.165) is 11.3 Å². The van der Waals surface area contributed by atoms with Gasteiger partial charge < -0.3 is 10.4 Å². The van der Waals surface area contributed by atoms with Gasteiger partial charge in [0.05, 0.1) is 12.1 Å². The van der Waals surface area contributed by atoms with E-state index in [1.165, 1.54) is 11.1 Å². The van der Waals surface area contributed by atoms with E-state index in [-0.39, 0.29) is 6.61 Å². The van der Waals surface area contributed by atoms with Gasteiger partial charge in [-0.2, -0.15) is 0 Å². The average molecular weight is 255 g/mol. The third kappa shape index (κ3) is 3.15. The first kappa shape index (κ1) is 13.6. The number of anilines is 1. The molecule has 0 fully saturated rings. The van der Waals surface area contributed by atoms with Gasteiger partial charge in [-0.25, -0.2) is 0 Å². The molecular formula is C17H21NO. The predicted molar refractivity (Wildman–Crippen MR) is 80.4 cm³/mol. The van der Waals surface area contributed by atoms with Gasteiger partial charge in [0.15, 0.2) is 0 Å². The van der Waals surface area contributed by atoms with Crippen LogP contribution in [0.4, 0.5) is 5.69 Å². The lowest BCUT2D eigenvalue weighted by atomic mass is 9.91. The minimum atomic E-state index is -0.471. The van der Waals surface area contributed by atoms with E-state index in [0.29, 0.717) is 0 Å². The number of aliphatic hydroxyl groups excluding tert-OH is 1. The second-order valence-corrected chi connectivity index (χ2v) is 5.35. The number of aliphatic hydroxyl groups is 1. The number of benzene rings is 2. The number of hydrogen-bond donors (Lipinski definition) is 2. The Morgan fingerprint density at radius 3 is 2.26 bits per heavy atom. The Morgan fingerprint density at radius 2 is 1.68 bits per heavy atom. The highest BCUT2D eigenvalue weighted by Crippen LogP contribution is 2.26. The van der Waals surface area contributed by atoms with Gasteiger partial charge in [0.2, 0.25) is 0 Å². The van der Waals surface area contributed by atoms with Crippen LogP contribution in [0.5, 0.6) is 0 Å². The number of aryl methyl sites for hydroxylation is 2. The van der Waals surface area contributed by atoms with Gasteiger partial charge in [-0.1, -0.05) is 42.0 Å². The van der Waals surface area contributed by atoms with Crippen LogP contribution in [0, 0.1) is 13.8 Å². The molecule has 0 radical (unpaired) electrons. The summed E-state index contributed by atoms with van der Waals surface area (Å²) in [6, 6.07) is 16.5. The summed E-state index contributed by atoms with van der Waals surface area (Å²) < 4.78 is 0. The highest BCUT2D eigenvalue weighted by molar-refractivity contribution is 5.49. The summed E-state index contributed by atoms with van der Waals surface area (Å²) in [5.41, 5.74) is 4.06. The van der Waals surface area contributed by atoms with Crippen molar-refractivity contribution in [1.29, 1.82) is 0 Å². The minimum Gasteiger partial charge on any atom is -0.394 e. The molecule has 19 heavy (non-hydrogen) atoms. The Labute approximate surface area is 115 Å². The Kier molecular flexibility index (Phi) is 3.91. The monoisotopic (exact) mass is 255 g/mol. The van der Waals surface area contributed by atoms with Crippen LogP contribution in [0.1, 0.15) is 23.6 Å². The van der Waals surface area contributed by atoms with E-state index >= 15 is 0 Å². The first-order chi connectivity index (χ1) is 9.03. The van der Waals surface area contributed by atoms with Gasteiger partial charge in [0.25, 0.3) is 0 Å². The number of hydrogen-bond acceptors (Lipinski definition) is 2. The summed E-state index contributed by atoms with van der Waals surface area (Å²) in [6.45, 7) is 6.19. The normalized spacial score (nSPS) is 13.9. The molecule has 0 spiro atoms. The molecule has 0 heterocycles. The van der Waals surface area contributed by atoms with E-state index in [9.17, 15) is 5.11 Å². The van der Waals surface area contributed by atoms with E-state index in [1.54, 1.807) is 0 Å². The SMILES string of the molecule is Cc1ccc(C(C)(CO)Nc2cccc(C)c2)cc1. The van der Waals surface area contributed by atoms with Crippen molar-refractivity contribution in [2.75, 3.05) is 11.9 Å². The van der Waals surface area contributed by atoms with Gasteiger partial charge in [-0.15, -0.1) is 0 Å². The molecule has 1 atom stereocenters. The highest BCUT2D eigenvalue weighted by atomic mass is 16.3. The maximum absolute atomic E-state index is 9.78. The number of rotatable bonds is 4. The second kappa shape index (κ2) is 5.45. The fourth-order valence-electron chi connectivity index (χ4n) is 2.17. The third-order valence-corrected chi connectivity index (χ3v) is 3.44. The Balaban J connectivity index is 2.29. The van der Waals surface area contributed by atoms with Crippen molar-refractivity contribution >= 4 is 5.69 Å². The predicted octanol–water partition coefficient (Wildman–Crippen LogP) is 3.62. The van der Waals surface area contributed by atoms with Crippen LogP contribution in [0.15, 0.2) is 48.5 Å². The molecule has 1 unspecified atom stereocenters. The fraction of sp³-hybridized carbons (Fsp3) is 0.294. The van der Waals surface area contributed by atoms with Gasteiger partial charge in [0.1, 0.15) is 0 Å². The van der Waals surface area contributed by atoms with Crippen LogP contribution < -0.4 is 5.32 Å². The number of nitrogens with one attached hydrogen (secondary N) is 1. The average Bonchev–Trinajstić information content (AvgIpc) is 2.39. The summed E-state index contributed by atoms with van der Waals surface area (Å²) in [5.74, 6) is 0. The summed E-state index contributed by atoms with van der Waals surface area (Å²) in [6.07, 6.45) is 0. The molecule has 2 rings (SSSR count). The highest BCUT2D eigenvalue weighted by Gasteiger charge is 2.25. The van der Waals surface area contributed by atoms with Crippen molar-refractivity contribution in [3.05, 3.63) is 65.2 Å². The lowest BCUT2D eigenvalue weighted by Gasteiger charge is -2.31. The van der Waals surface area contributed by atoms with Crippen molar-refractivity contribution in [2.24, 2.45) is 0 Å². The summed E-state index contributed by atoms with van der Waals surface area (Å²) in [5, 5.41) is 13.2. The largest absolute Gasteiger partial charge is 0.394 e. The molecule has 2 heteroatoms. The molecule has 0 aliphatic rings. The fourth-order valence-corrected chi connectivity index (χ4v) is 2.17. The van der Waals surface area contributed by atoms with Crippen LogP contribution >= 0.6 is 0 Å². The Bertz CT molecular complexity index is 547. The molecule has 0 bridgehead atoms. The molecule has 0 aromatic heterocycles. The molecule has 0 aliphatic carbocycles. The first-order valence-electron chi connectivity index (χ1n) is 6.56. The summed E-state index contributed by atoms with van der Waals surface area (Å²) in [7, 11) is 0. The van der Waals surface area contributed by atoms with Crippen molar-refractivity contribution in [3.8, 4) is 0 Å². The van der Waals surface area contributed by atoms with Crippen LogP contribution in [0.25, 0.3) is 0 Å². The molecule has 0 saturated heterocycles. The molecule has 0 aliphatic heterocycles. The Hall–Kier alpha value is -1.80. The maximum atomic E-state index is 9.78. The van der Waals surface area contributed by atoms with Crippen molar-refractivity contribution in [2.45, 2.75) is 26.3 Å². The zero-order chi connectivity index (χ0) is 13.9. The molecule has 100 valence electrons. The van der Waals surface area contributed by atoms with E-state index in [1.807, 2.05) is 19.1 Å². The molecule has 2 aromatic rings. The summed E-state index contributed by atoms with van der Waals surface area (Å²) >= 11 is 0. The molecule has 2 N–H and O–H groups in total. The van der Waals surface area contributed by atoms with Crippen molar-refractivity contribution in [1.82, 2.24) is 0 Å². The molecule has 0 amide bonds. The standard InChI is InChI=1S/C17H21NO/c1-13-7-9-15(10-8-13)17(3,12-19)18-16-6-4-5-14(2)11-16/h4-11,18-19H,12H2,1-3H3. The lowest BCUT2D eigenvalue weighted by Crippen LogP contribution is -2.35. The van der Waals surface area contributed by atoms with Gasteiger partial charge in [0, 0.05) is 5.69 Å². The zero-order valence-electron chi connectivity index (χ0n) is 11.8. The Morgan fingerprint density at radius 1 is 1.00 bits per heavy atom. The maximum Gasteiger partial charge on any atom is 0.0828 e. The van der Waals surface area contributed by atoms with Crippen molar-refractivity contribution in [3.63, 3.8) is 0 Å². The van der Waals surface area contributed by atoms with Gasteiger partial charge in [-0.05, 0) is 44.0 Å². The minimum absolute atomic E-state index is 0.0456. The smallest absolute Gasteiger partial charge is 0.0828 e. The third-order valence-electron chi connectivity index (χ3n) is 3.44. The van der Waals surface area contributed by atoms with E-state index in [4.69, 9.17) is 0 Å². The molecule has 2 nitrogen and oxygen atoms in total. The van der Waals surface area contributed by atoms with Crippen LogP contribution in [0.3, 0.4) is 0 Å². The van der Waals surface area contributed by atoms with Gasteiger partial charge in [-0.3, -0.25) is 0 Å². The van der Waals surface area contributed by atoms with Gasteiger partial charge >= 0.3 is 0 Å². The zero-order valence-corrected chi connectivity index (χ0v) is 11.8. The first-order valence-corrected chi connectivity index (χ1v) is 6.56. The van der Waals surface area contributed by atoms with Crippen LogP contribution in [-0.4, -0.2) is 11.7 Å². The quantitative estimate of drug-likeness (QED) is 0.874. The second-order valence-electron chi connectivity index (χ2n) is 5.35. The van der Waals surface area contributed by atoms with Crippen LogP contribution in [0.2, 0.25) is 0 Å². The van der Waals surface area contributed by atoms with E-state index in [2.05, 4.69) is 55.6 Å². The molecular weight excluding hydrogens is 234 g/mol. The molecule has 0 saturated carbocycles. The summed E-state index contributed by atoms with van der Waals surface area (Å²) in [4.78, 5) is 0. The lowest BCUT2D eigenvalue weighted by molar-refractivity contribution is 0.224. The van der Waals surface area contributed by atoms with Crippen molar-refractivity contribution < 1.29 is 5.11 Å².